The van der Waals surface area contributed by atoms with Gasteiger partial charge in [-0.05, 0) is 17.7 Å². The molecule has 3 rings (SSSR count). The average Bonchev–Trinajstić information content (AvgIpc) is 2.38. The molecule has 5 nitrogen and oxygen atoms in total. The molecule has 6 heteroatoms. The fourth-order valence-corrected chi connectivity index (χ4v) is 2.05. The van der Waals surface area contributed by atoms with Gasteiger partial charge in [0.15, 0.2) is 11.5 Å². The van der Waals surface area contributed by atoms with Crippen LogP contribution in [0.25, 0.3) is 0 Å². The van der Waals surface area contributed by atoms with Crippen LogP contribution in [0.3, 0.4) is 0 Å². The van der Waals surface area contributed by atoms with Crippen LogP contribution < -0.4 is 14.8 Å². The third-order valence-electron chi connectivity index (χ3n) is 2.90. The molecule has 2 heterocycles. The van der Waals surface area contributed by atoms with Crippen molar-refractivity contribution in [2.75, 3.05) is 19.8 Å². The molecule has 0 spiro atoms. The summed E-state index contributed by atoms with van der Waals surface area (Å²) in [6, 6.07) is 5.74. The summed E-state index contributed by atoms with van der Waals surface area (Å²) < 4.78 is 15.8. The van der Waals surface area contributed by atoms with Crippen molar-refractivity contribution < 1.29 is 19.0 Å². The van der Waals surface area contributed by atoms with Crippen molar-refractivity contribution in [1.82, 2.24) is 5.32 Å². The summed E-state index contributed by atoms with van der Waals surface area (Å²) in [5.74, 6) is 1.51. The van der Waals surface area contributed by atoms with Crippen LogP contribution in [0, 0.1) is 0 Å². The van der Waals surface area contributed by atoms with Gasteiger partial charge in [0.2, 0.25) is 0 Å². The zero-order valence-electron chi connectivity index (χ0n) is 9.68. The van der Waals surface area contributed by atoms with E-state index in [1.54, 1.807) is 0 Å². The standard InChI is InChI=1S/C12H13NO4.ClH/c14-12-13-9(3-4-17-12)8-1-2-10-11(7-8)16-6-5-15-10;/h1-2,7,9H,3-6H2,(H,13,14);1H/t9-;/m1./s1. The van der Waals surface area contributed by atoms with Crippen LogP contribution >= 0.6 is 12.4 Å². The van der Waals surface area contributed by atoms with Crippen molar-refractivity contribution in [1.29, 1.82) is 0 Å². The van der Waals surface area contributed by atoms with E-state index in [9.17, 15) is 4.79 Å². The van der Waals surface area contributed by atoms with E-state index >= 15 is 0 Å². The summed E-state index contributed by atoms with van der Waals surface area (Å²) >= 11 is 0. The first-order chi connectivity index (χ1) is 8.33. The Hall–Kier alpha value is -1.62. The number of benzene rings is 1. The highest BCUT2D eigenvalue weighted by atomic mass is 35.5. The molecule has 1 saturated heterocycles. The topological polar surface area (TPSA) is 56.8 Å². The van der Waals surface area contributed by atoms with Crippen molar-refractivity contribution in [2.45, 2.75) is 12.5 Å². The monoisotopic (exact) mass is 271 g/mol. The number of rotatable bonds is 1. The van der Waals surface area contributed by atoms with Gasteiger partial charge in [0.25, 0.3) is 0 Å². The molecule has 1 aromatic rings. The number of carbonyl (C=O) groups excluding carboxylic acids is 1. The summed E-state index contributed by atoms with van der Waals surface area (Å²) in [4.78, 5) is 11.1. The zero-order chi connectivity index (χ0) is 11.7. The predicted octanol–water partition coefficient (Wildman–Crippen LogP) is 2.05. The Morgan fingerprint density at radius 3 is 2.61 bits per heavy atom. The Labute approximate surface area is 111 Å². The first-order valence-electron chi connectivity index (χ1n) is 5.66. The number of cyclic esters (lactones) is 1. The van der Waals surface area contributed by atoms with Crippen molar-refractivity contribution in [3.63, 3.8) is 0 Å². The Balaban J connectivity index is 0.00000120. The van der Waals surface area contributed by atoms with E-state index in [1.165, 1.54) is 0 Å². The summed E-state index contributed by atoms with van der Waals surface area (Å²) in [5, 5.41) is 2.78. The number of ether oxygens (including phenoxy) is 3. The molecule has 1 aromatic carbocycles. The van der Waals surface area contributed by atoms with Crippen LogP contribution in [0.5, 0.6) is 11.5 Å². The van der Waals surface area contributed by atoms with Gasteiger partial charge in [-0.25, -0.2) is 4.79 Å². The number of nitrogens with one attached hydrogen (secondary N) is 1. The molecular weight excluding hydrogens is 258 g/mol. The molecule has 0 saturated carbocycles. The van der Waals surface area contributed by atoms with Gasteiger partial charge < -0.3 is 19.5 Å². The second kappa shape index (κ2) is 5.35. The molecular formula is C12H14ClNO4. The minimum Gasteiger partial charge on any atom is -0.486 e. The van der Waals surface area contributed by atoms with Gasteiger partial charge >= 0.3 is 6.09 Å². The maximum atomic E-state index is 11.1. The predicted molar refractivity (Wildman–Crippen MR) is 66.5 cm³/mol. The quantitative estimate of drug-likeness (QED) is 0.849. The smallest absolute Gasteiger partial charge is 0.407 e. The Kier molecular flexibility index (Phi) is 3.81. The van der Waals surface area contributed by atoms with Gasteiger partial charge in [0, 0.05) is 6.42 Å². The van der Waals surface area contributed by atoms with Gasteiger partial charge in [-0.15, -0.1) is 12.4 Å². The first-order valence-corrected chi connectivity index (χ1v) is 5.66. The number of carbonyl (C=O) groups is 1. The molecule has 1 N–H and O–H groups in total. The van der Waals surface area contributed by atoms with Crippen LogP contribution in [0.2, 0.25) is 0 Å². The number of halogens is 1. The lowest BCUT2D eigenvalue weighted by Gasteiger charge is -2.25. The van der Waals surface area contributed by atoms with Gasteiger partial charge in [0.1, 0.15) is 13.2 Å². The van der Waals surface area contributed by atoms with Crippen LogP contribution in [0.4, 0.5) is 4.79 Å². The van der Waals surface area contributed by atoms with E-state index < -0.39 is 0 Å². The number of hydrogen-bond donors (Lipinski definition) is 1. The number of amides is 1. The van der Waals surface area contributed by atoms with Crippen LogP contribution in [-0.4, -0.2) is 25.9 Å². The maximum absolute atomic E-state index is 11.1. The van der Waals surface area contributed by atoms with Crippen LogP contribution in [0.1, 0.15) is 18.0 Å². The SMILES string of the molecule is Cl.O=C1N[C@@H](c2ccc3c(c2)OCCO3)CCO1. The highest BCUT2D eigenvalue weighted by Crippen LogP contribution is 2.33. The molecule has 18 heavy (non-hydrogen) atoms. The molecule has 0 unspecified atom stereocenters. The first kappa shape index (κ1) is 12.8. The summed E-state index contributed by atoms with van der Waals surface area (Å²) in [6.45, 7) is 1.60. The second-order valence-corrected chi connectivity index (χ2v) is 4.02. The fraction of sp³-hybridized carbons (Fsp3) is 0.417. The molecule has 0 aromatic heterocycles. The molecule has 0 aliphatic carbocycles. The van der Waals surface area contributed by atoms with Gasteiger partial charge in [0.05, 0.1) is 12.6 Å². The van der Waals surface area contributed by atoms with E-state index in [0.29, 0.717) is 19.8 Å². The molecule has 98 valence electrons. The summed E-state index contributed by atoms with van der Waals surface area (Å²) in [6.07, 6.45) is 0.405. The van der Waals surface area contributed by atoms with Crippen LogP contribution in [0.15, 0.2) is 18.2 Å². The normalized spacial score (nSPS) is 21.3. The lowest BCUT2D eigenvalue weighted by atomic mass is 10.0. The van der Waals surface area contributed by atoms with E-state index in [2.05, 4.69) is 5.32 Å². The molecule has 2 aliphatic heterocycles. The fourth-order valence-electron chi connectivity index (χ4n) is 2.05. The summed E-state index contributed by atoms with van der Waals surface area (Å²) in [5.41, 5.74) is 1.02. The molecule has 0 bridgehead atoms. The molecule has 2 aliphatic rings. The third kappa shape index (κ3) is 2.46. The van der Waals surface area contributed by atoms with Crippen molar-refractivity contribution >= 4 is 18.5 Å². The Morgan fingerprint density at radius 2 is 1.83 bits per heavy atom. The second-order valence-electron chi connectivity index (χ2n) is 4.02. The number of hydrogen-bond acceptors (Lipinski definition) is 4. The van der Waals surface area contributed by atoms with Gasteiger partial charge in [-0.2, -0.15) is 0 Å². The van der Waals surface area contributed by atoms with E-state index in [-0.39, 0.29) is 24.5 Å². The third-order valence-corrected chi connectivity index (χ3v) is 2.90. The lowest BCUT2D eigenvalue weighted by Crippen LogP contribution is -2.35. The number of alkyl carbamates (subject to hydrolysis) is 1. The molecule has 1 atom stereocenters. The van der Waals surface area contributed by atoms with Gasteiger partial charge in [-0.1, -0.05) is 6.07 Å². The zero-order valence-corrected chi connectivity index (χ0v) is 10.5. The van der Waals surface area contributed by atoms with Crippen LogP contribution in [-0.2, 0) is 4.74 Å². The number of fused-ring (bicyclic) bond motifs is 1. The van der Waals surface area contributed by atoms with E-state index in [0.717, 1.165) is 23.5 Å². The highest BCUT2D eigenvalue weighted by molar-refractivity contribution is 5.85. The lowest BCUT2D eigenvalue weighted by molar-refractivity contribution is 0.115. The van der Waals surface area contributed by atoms with Crippen molar-refractivity contribution in [3.05, 3.63) is 23.8 Å². The van der Waals surface area contributed by atoms with Crippen molar-refractivity contribution in [2.24, 2.45) is 0 Å². The molecule has 1 amide bonds. The molecule has 1 fully saturated rings. The minimum atomic E-state index is -0.365. The highest BCUT2D eigenvalue weighted by Gasteiger charge is 2.22. The maximum Gasteiger partial charge on any atom is 0.407 e. The van der Waals surface area contributed by atoms with Crippen molar-refractivity contribution in [3.8, 4) is 11.5 Å². The molecule has 0 radical (unpaired) electrons. The van der Waals surface area contributed by atoms with E-state index in [1.807, 2.05) is 18.2 Å². The minimum absolute atomic E-state index is 0. The van der Waals surface area contributed by atoms with Gasteiger partial charge in [-0.3, -0.25) is 0 Å². The van der Waals surface area contributed by atoms with E-state index in [4.69, 9.17) is 14.2 Å². The summed E-state index contributed by atoms with van der Waals surface area (Å²) in [7, 11) is 0. The Morgan fingerprint density at radius 1 is 1.06 bits per heavy atom. The Bertz CT molecular complexity index is 452. The average molecular weight is 272 g/mol. The largest absolute Gasteiger partial charge is 0.486 e.